The molecule has 0 saturated heterocycles. The summed E-state index contributed by atoms with van der Waals surface area (Å²) < 4.78 is 11.5. The third-order valence-electron chi connectivity index (χ3n) is 4.86. The van der Waals surface area contributed by atoms with Crippen molar-refractivity contribution in [3.63, 3.8) is 0 Å². The van der Waals surface area contributed by atoms with Gasteiger partial charge in [-0.3, -0.25) is 16.1 Å². The van der Waals surface area contributed by atoms with E-state index >= 15 is 0 Å². The summed E-state index contributed by atoms with van der Waals surface area (Å²) in [6, 6.07) is 13.2. The van der Waals surface area contributed by atoms with Gasteiger partial charge in [0.05, 0.1) is 25.0 Å². The fourth-order valence-electron chi connectivity index (χ4n) is 3.32. The Bertz CT molecular complexity index is 1390. The minimum Gasteiger partial charge on any atom is -0.494 e. The van der Waals surface area contributed by atoms with Crippen molar-refractivity contribution in [3.8, 4) is 22.8 Å². The number of methoxy groups -OCH3 is 1. The molecular weight excluding hydrogens is 428 g/mol. The maximum absolute atomic E-state index is 12.8. The quantitative estimate of drug-likeness (QED) is 0.151. The lowest BCUT2D eigenvalue weighted by molar-refractivity contribution is 0.0600. The van der Waals surface area contributed by atoms with Crippen LogP contribution in [0.15, 0.2) is 53.3 Å². The minimum atomic E-state index is -0.527. The largest absolute Gasteiger partial charge is 0.494 e. The fraction of sp³-hybridized carbons (Fsp3) is 0.136. The molecular formula is C22H20N6O5. The number of benzene rings is 2. The van der Waals surface area contributed by atoms with Crippen LogP contribution in [0.2, 0.25) is 0 Å². The highest BCUT2D eigenvalue weighted by atomic mass is 16.5. The molecule has 2 heterocycles. The number of hydrogen-bond acceptors (Lipinski definition) is 8. The zero-order valence-corrected chi connectivity index (χ0v) is 17.7. The summed E-state index contributed by atoms with van der Waals surface area (Å²) in [4.78, 5) is 36.1. The number of imidazole rings is 1. The molecule has 0 spiro atoms. The maximum Gasteiger partial charge on any atom is 0.337 e. The number of carbonyl (C=O) groups excluding carboxylic acids is 1. The van der Waals surface area contributed by atoms with Crippen LogP contribution in [0.1, 0.15) is 23.0 Å². The second-order valence-electron chi connectivity index (χ2n) is 6.84. The number of hydroxylamine groups is 1. The molecule has 0 bridgehead atoms. The van der Waals surface area contributed by atoms with Crippen molar-refractivity contribution in [1.82, 2.24) is 25.0 Å². The molecule has 11 heteroatoms. The van der Waals surface area contributed by atoms with Crippen molar-refractivity contribution in [3.05, 3.63) is 70.3 Å². The van der Waals surface area contributed by atoms with E-state index in [0.29, 0.717) is 29.2 Å². The standard InChI is InChI=1S/C22H20N6O5/c1-3-33-15-10-6-12(7-11-15)19-24-16(18(23)27-31)17-20(26-19)28(22(30)25-17)14-8-4-13(5-9-14)21(29)32-2/h4-11,31H,3H2,1-2H3,(H2,23,27)(H,25,30). The lowest BCUT2D eigenvalue weighted by atomic mass is 10.2. The number of carbonyl (C=O) groups is 1. The predicted molar refractivity (Wildman–Crippen MR) is 119 cm³/mol. The highest BCUT2D eigenvalue weighted by molar-refractivity contribution is 6.04. The van der Waals surface area contributed by atoms with E-state index in [0.717, 1.165) is 0 Å². The summed E-state index contributed by atoms with van der Waals surface area (Å²) in [6.45, 7) is 2.41. The van der Waals surface area contributed by atoms with Gasteiger partial charge in [-0.25, -0.2) is 24.1 Å². The molecule has 0 aliphatic heterocycles. The molecule has 0 saturated carbocycles. The third-order valence-corrected chi connectivity index (χ3v) is 4.86. The molecule has 0 aliphatic rings. The third kappa shape index (κ3) is 4.04. The van der Waals surface area contributed by atoms with Gasteiger partial charge in [-0.05, 0) is 55.5 Å². The molecule has 0 radical (unpaired) electrons. The maximum atomic E-state index is 12.8. The van der Waals surface area contributed by atoms with Gasteiger partial charge in [0.15, 0.2) is 17.3 Å². The number of esters is 1. The van der Waals surface area contributed by atoms with Gasteiger partial charge in [-0.15, -0.1) is 0 Å². The van der Waals surface area contributed by atoms with Gasteiger partial charge in [0, 0.05) is 5.56 Å². The van der Waals surface area contributed by atoms with Crippen LogP contribution < -0.4 is 15.9 Å². The minimum absolute atomic E-state index is 0.00779. The van der Waals surface area contributed by atoms with Gasteiger partial charge in [0.1, 0.15) is 17.0 Å². The SMILES string of the molecule is CCOc1ccc(-c2nc(C(=N)NO)c3[nH]c(=O)n(-c4ccc(C(=O)OC)cc4)c3n2)cc1. The number of H-pyrrole nitrogens is 1. The van der Waals surface area contributed by atoms with Crippen molar-refractivity contribution in [1.29, 1.82) is 5.41 Å². The van der Waals surface area contributed by atoms with Crippen molar-refractivity contribution < 1.29 is 19.5 Å². The molecule has 2 aromatic heterocycles. The smallest absolute Gasteiger partial charge is 0.337 e. The first-order valence-electron chi connectivity index (χ1n) is 9.90. The van der Waals surface area contributed by atoms with E-state index in [2.05, 4.69) is 15.0 Å². The Kier molecular flexibility index (Phi) is 5.87. The summed E-state index contributed by atoms with van der Waals surface area (Å²) in [5.74, 6) is -0.00207. The average Bonchev–Trinajstić information content (AvgIpc) is 3.18. The van der Waals surface area contributed by atoms with Gasteiger partial charge >= 0.3 is 11.7 Å². The van der Waals surface area contributed by atoms with Crippen LogP contribution in [0.4, 0.5) is 0 Å². The van der Waals surface area contributed by atoms with Crippen LogP contribution in [0.3, 0.4) is 0 Å². The predicted octanol–water partition coefficient (Wildman–Crippen LogP) is 2.27. The van der Waals surface area contributed by atoms with Crippen LogP contribution in [-0.2, 0) is 4.74 Å². The average molecular weight is 448 g/mol. The number of fused-ring (bicyclic) bond motifs is 1. The Morgan fingerprint density at radius 1 is 1.15 bits per heavy atom. The molecule has 4 rings (SSSR count). The van der Waals surface area contributed by atoms with Crippen molar-refractivity contribution in [2.75, 3.05) is 13.7 Å². The zero-order chi connectivity index (χ0) is 23.5. The summed E-state index contributed by atoms with van der Waals surface area (Å²) in [7, 11) is 1.28. The molecule has 0 amide bonds. The number of aromatic amines is 1. The Hall–Kier alpha value is -4.51. The van der Waals surface area contributed by atoms with E-state index < -0.39 is 17.5 Å². The summed E-state index contributed by atoms with van der Waals surface area (Å²) in [5.41, 5.74) is 2.98. The number of aromatic nitrogens is 4. The van der Waals surface area contributed by atoms with Gasteiger partial charge in [-0.2, -0.15) is 0 Å². The van der Waals surface area contributed by atoms with Crippen LogP contribution in [-0.4, -0.2) is 50.2 Å². The van der Waals surface area contributed by atoms with Crippen molar-refractivity contribution >= 4 is 23.0 Å². The first-order valence-corrected chi connectivity index (χ1v) is 9.90. The Morgan fingerprint density at radius 3 is 2.45 bits per heavy atom. The fourth-order valence-corrected chi connectivity index (χ4v) is 3.32. The monoisotopic (exact) mass is 448 g/mol. The van der Waals surface area contributed by atoms with Crippen LogP contribution >= 0.6 is 0 Å². The van der Waals surface area contributed by atoms with E-state index in [-0.39, 0.29) is 22.7 Å². The Labute approximate surface area is 187 Å². The van der Waals surface area contributed by atoms with E-state index in [4.69, 9.17) is 14.9 Å². The molecule has 0 fully saturated rings. The number of rotatable bonds is 6. The summed E-state index contributed by atoms with van der Waals surface area (Å²) in [6.07, 6.45) is 0. The van der Waals surface area contributed by atoms with Crippen LogP contribution in [0.25, 0.3) is 28.2 Å². The molecule has 11 nitrogen and oxygen atoms in total. The molecule has 2 aromatic carbocycles. The number of hydrogen-bond donors (Lipinski definition) is 4. The topological polar surface area (TPSA) is 155 Å². The zero-order valence-electron chi connectivity index (χ0n) is 17.7. The summed E-state index contributed by atoms with van der Waals surface area (Å²) in [5, 5.41) is 17.3. The Balaban J connectivity index is 1.91. The van der Waals surface area contributed by atoms with Crippen molar-refractivity contribution in [2.45, 2.75) is 6.92 Å². The normalized spacial score (nSPS) is 10.8. The molecule has 33 heavy (non-hydrogen) atoms. The molecule has 0 atom stereocenters. The van der Waals surface area contributed by atoms with E-state index in [1.54, 1.807) is 41.9 Å². The second-order valence-corrected chi connectivity index (χ2v) is 6.84. The van der Waals surface area contributed by atoms with E-state index in [9.17, 15) is 14.8 Å². The highest BCUT2D eigenvalue weighted by Gasteiger charge is 2.20. The second kappa shape index (κ2) is 8.93. The summed E-state index contributed by atoms with van der Waals surface area (Å²) >= 11 is 0. The van der Waals surface area contributed by atoms with E-state index in [1.165, 1.54) is 23.8 Å². The van der Waals surface area contributed by atoms with Gasteiger partial charge in [-0.1, -0.05) is 0 Å². The van der Waals surface area contributed by atoms with Crippen LogP contribution in [0, 0.1) is 5.41 Å². The number of ether oxygens (including phenoxy) is 2. The number of nitrogens with zero attached hydrogens (tertiary/aromatic N) is 3. The lowest BCUT2D eigenvalue weighted by Gasteiger charge is -2.09. The van der Waals surface area contributed by atoms with Crippen LogP contribution in [0.5, 0.6) is 5.75 Å². The molecule has 4 N–H and O–H groups in total. The highest BCUT2D eigenvalue weighted by Crippen LogP contribution is 2.24. The van der Waals surface area contributed by atoms with Gasteiger partial charge in [0.25, 0.3) is 0 Å². The molecule has 4 aromatic rings. The van der Waals surface area contributed by atoms with Crippen molar-refractivity contribution in [2.24, 2.45) is 0 Å². The molecule has 0 aliphatic carbocycles. The molecule has 0 unspecified atom stereocenters. The van der Waals surface area contributed by atoms with Gasteiger partial charge < -0.3 is 14.5 Å². The molecule has 168 valence electrons. The number of amidine groups is 1. The lowest BCUT2D eigenvalue weighted by Crippen LogP contribution is -2.21. The first-order chi connectivity index (χ1) is 16.0. The first kappa shape index (κ1) is 21.7. The van der Waals surface area contributed by atoms with E-state index in [1.807, 2.05) is 6.92 Å². The Morgan fingerprint density at radius 2 is 1.85 bits per heavy atom. The number of nitrogens with one attached hydrogen (secondary N) is 3. The van der Waals surface area contributed by atoms with Gasteiger partial charge in [0.2, 0.25) is 0 Å².